The Balaban J connectivity index is 2.29. The molecule has 0 aliphatic carbocycles. The van der Waals surface area contributed by atoms with Gasteiger partial charge >= 0.3 is 0 Å². The number of rotatable bonds is 6. The number of hydrogen-bond donors (Lipinski definition) is 2. The van der Waals surface area contributed by atoms with Crippen LogP contribution in [-0.4, -0.2) is 27.8 Å². The van der Waals surface area contributed by atoms with Gasteiger partial charge in [-0.05, 0) is 24.7 Å². The van der Waals surface area contributed by atoms with E-state index in [-0.39, 0.29) is 5.75 Å². The topological polar surface area (TPSA) is 58.2 Å². The van der Waals surface area contributed by atoms with Gasteiger partial charge < -0.3 is 5.32 Å². The van der Waals surface area contributed by atoms with E-state index in [2.05, 4.69) is 26.0 Å². The zero-order valence-electron chi connectivity index (χ0n) is 9.03. The summed E-state index contributed by atoms with van der Waals surface area (Å²) < 4.78 is 25.5. The van der Waals surface area contributed by atoms with E-state index in [1.165, 1.54) is 7.05 Å². The van der Waals surface area contributed by atoms with Gasteiger partial charge in [0.15, 0.2) is 0 Å². The Bertz CT molecular complexity index is 417. The van der Waals surface area contributed by atoms with Crippen molar-refractivity contribution in [1.29, 1.82) is 0 Å². The summed E-state index contributed by atoms with van der Waals surface area (Å²) in [5, 5.41) is 3.08. The molecule has 0 aliphatic heterocycles. The first-order valence-corrected chi connectivity index (χ1v) is 7.34. The molecule has 0 radical (unpaired) electrons. The van der Waals surface area contributed by atoms with E-state index in [9.17, 15) is 8.42 Å². The average molecular weight is 307 g/mol. The van der Waals surface area contributed by atoms with Crippen molar-refractivity contribution in [2.75, 3.05) is 19.3 Å². The second-order valence-corrected chi connectivity index (χ2v) is 6.29. The fourth-order valence-electron chi connectivity index (χ4n) is 1.14. The monoisotopic (exact) mass is 306 g/mol. The molecule has 0 aliphatic rings. The van der Waals surface area contributed by atoms with Crippen molar-refractivity contribution in [2.45, 2.75) is 6.54 Å². The first-order chi connectivity index (χ1) is 7.53. The first-order valence-electron chi connectivity index (χ1n) is 4.90. The van der Waals surface area contributed by atoms with E-state index in [0.717, 1.165) is 10.0 Å². The summed E-state index contributed by atoms with van der Waals surface area (Å²) in [5.41, 5.74) is 1.13. The molecule has 16 heavy (non-hydrogen) atoms. The Morgan fingerprint density at radius 2 is 1.88 bits per heavy atom. The molecular formula is C10H15BrN2O2S. The number of nitrogens with one attached hydrogen (secondary N) is 2. The SMILES string of the molecule is CNS(=O)(=O)CCNCc1ccc(Br)cc1. The minimum atomic E-state index is -3.10. The maximum atomic E-state index is 11.1. The van der Waals surface area contributed by atoms with Crippen LogP contribution in [0.1, 0.15) is 5.56 Å². The lowest BCUT2D eigenvalue weighted by Gasteiger charge is -2.05. The van der Waals surface area contributed by atoms with Crippen molar-refractivity contribution in [1.82, 2.24) is 10.0 Å². The maximum Gasteiger partial charge on any atom is 0.212 e. The predicted molar refractivity (Wildman–Crippen MR) is 68.7 cm³/mol. The molecule has 0 atom stereocenters. The van der Waals surface area contributed by atoms with Crippen LogP contribution >= 0.6 is 15.9 Å². The fourth-order valence-corrected chi connectivity index (χ4v) is 2.03. The maximum absolute atomic E-state index is 11.1. The molecule has 4 nitrogen and oxygen atoms in total. The average Bonchev–Trinajstić information content (AvgIpc) is 2.27. The lowest BCUT2D eigenvalue weighted by molar-refractivity contribution is 0.583. The second kappa shape index (κ2) is 6.34. The minimum absolute atomic E-state index is 0.0973. The summed E-state index contributed by atoms with van der Waals surface area (Å²) >= 11 is 3.35. The highest BCUT2D eigenvalue weighted by Crippen LogP contribution is 2.09. The van der Waals surface area contributed by atoms with Crippen molar-refractivity contribution in [3.8, 4) is 0 Å². The van der Waals surface area contributed by atoms with E-state index in [0.29, 0.717) is 13.1 Å². The van der Waals surface area contributed by atoms with Crippen molar-refractivity contribution >= 4 is 26.0 Å². The van der Waals surface area contributed by atoms with Gasteiger partial charge in [-0.15, -0.1) is 0 Å². The molecule has 1 aromatic carbocycles. The van der Waals surface area contributed by atoms with Gasteiger partial charge in [0.25, 0.3) is 0 Å². The quantitative estimate of drug-likeness (QED) is 0.774. The summed E-state index contributed by atoms with van der Waals surface area (Å²) in [5.74, 6) is 0.0973. The van der Waals surface area contributed by atoms with Gasteiger partial charge in [0, 0.05) is 17.6 Å². The van der Waals surface area contributed by atoms with Crippen LogP contribution in [0.4, 0.5) is 0 Å². The lowest BCUT2D eigenvalue weighted by Crippen LogP contribution is -2.29. The third-order valence-corrected chi connectivity index (χ3v) is 3.99. The highest BCUT2D eigenvalue weighted by Gasteiger charge is 2.04. The molecular weight excluding hydrogens is 292 g/mol. The minimum Gasteiger partial charge on any atom is -0.312 e. The van der Waals surface area contributed by atoms with Gasteiger partial charge in [-0.25, -0.2) is 13.1 Å². The summed E-state index contributed by atoms with van der Waals surface area (Å²) in [4.78, 5) is 0. The van der Waals surface area contributed by atoms with E-state index >= 15 is 0 Å². The van der Waals surface area contributed by atoms with Crippen LogP contribution in [0, 0.1) is 0 Å². The van der Waals surface area contributed by atoms with Crippen LogP contribution in [0.3, 0.4) is 0 Å². The molecule has 0 saturated carbocycles. The standard InChI is InChI=1S/C10H15BrN2O2S/c1-12-16(14,15)7-6-13-8-9-2-4-10(11)5-3-9/h2-5,12-13H,6-8H2,1H3. The molecule has 1 rings (SSSR count). The molecule has 0 saturated heterocycles. The zero-order chi connectivity index (χ0) is 12.0. The normalized spacial score (nSPS) is 11.6. The van der Waals surface area contributed by atoms with Gasteiger partial charge in [-0.3, -0.25) is 0 Å². The van der Waals surface area contributed by atoms with Crippen molar-refractivity contribution in [3.05, 3.63) is 34.3 Å². The number of sulfonamides is 1. The van der Waals surface area contributed by atoms with E-state index in [4.69, 9.17) is 0 Å². The Kier molecular flexibility index (Phi) is 5.40. The largest absolute Gasteiger partial charge is 0.312 e. The summed E-state index contributed by atoms with van der Waals surface area (Å²) in [6.45, 7) is 1.12. The third-order valence-electron chi connectivity index (χ3n) is 2.10. The van der Waals surface area contributed by atoms with Gasteiger partial charge in [0.1, 0.15) is 0 Å². The molecule has 90 valence electrons. The third kappa shape index (κ3) is 5.07. The smallest absolute Gasteiger partial charge is 0.212 e. The Hall–Kier alpha value is -0.430. The molecule has 0 aromatic heterocycles. The van der Waals surface area contributed by atoms with Gasteiger partial charge in [-0.1, -0.05) is 28.1 Å². The Morgan fingerprint density at radius 1 is 1.25 bits per heavy atom. The van der Waals surface area contributed by atoms with Gasteiger partial charge in [0.2, 0.25) is 10.0 Å². The molecule has 2 N–H and O–H groups in total. The molecule has 0 fully saturated rings. The van der Waals surface area contributed by atoms with Gasteiger partial charge in [-0.2, -0.15) is 0 Å². The molecule has 1 aromatic rings. The highest BCUT2D eigenvalue weighted by atomic mass is 79.9. The molecule has 0 amide bonds. The van der Waals surface area contributed by atoms with Crippen LogP contribution in [0.15, 0.2) is 28.7 Å². The lowest BCUT2D eigenvalue weighted by atomic mass is 10.2. The molecule has 0 heterocycles. The van der Waals surface area contributed by atoms with E-state index < -0.39 is 10.0 Å². The molecule has 0 spiro atoms. The Morgan fingerprint density at radius 3 is 2.44 bits per heavy atom. The van der Waals surface area contributed by atoms with Crippen molar-refractivity contribution < 1.29 is 8.42 Å². The van der Waals surface area contributed by atoms with Crippen molar-refractivity contribution in [3.63, 3.8) is 0 Å². The highest BCUT2D eigenvalue weighted by molar-refractivity contribution is 9.10. The molecule has 0 bridgehead atoms. The van der Waals surface area contributed by atoms with Crippen LogP contribution in [0.2, 0.25) is 0 Å². The Labute approximate surface area is 105 Å². The number of benzene rings is 1. The molecule has 0 unspecified atom stereocenters. The fraction of sp³-hybridized carbons (Fsp3) is 0.400. The van der Waals surface area contributed by atoms with Crippen LogP contribution in [0.25, 0.3) is 0 Å². The van der Waals surface area contributed by atoms with Crippen LogP contribution < -0.4 is 10.0 Å². The summed E-state index contributed by atoms with van der Waals surface area (Å²) in [6, 6.07) is 7.90. The van der Waals surface area contributed by atoms with E-state index in [1.54, 1.807) is 0 Å². The second-order valence-electron chi connectivity index (χ2n) is 3.33. The zero-order valence-corrected chi connectivity index (χ0v) is 11.4. The van der Waals surface area contributed by atoms with Crippen molar-refractivity contribution in [2.24, 2.45) is 0 Å². The number of hydrogen-bond acceptors (Lipinski definition) is 3. The predicted octanol–water partition coefficient (Wildman–Crippen LogP) is 1.09. The van der Waals surface area contributed by atoms with Gasteiger partial charge in [0.05, 0.1) is 5.75 Å². The van der Waals surface area contributed by atoms with Crippen LogP contribution in [0.5, 0.6) is 0 Å². The van der Waals surface area contributed by atoms with Crippen LogP contribution in [-0.2, 0) is 16.6 Å². The first kappa shape index (κ1) is 13.6. The molecule has 6 heteroatoms. The summed E-state index contributed by atoms with van der Waals surface area (Å²) in [6.07, 6.45) is 0. The summed E-state index contributed by atoms with van der Waals surface area (Å²) in [7, 11) is -1.68. The van der Waals surface area contributed by atoms with E-state index in [1.807, 2.05) is 24.3 Å². The number of halogens is 1.